The molecular formula is C42H55F2N5O7S2. The number of carbonyl (C=O) groups excluding carboxylic acids is 1. The monoisotopic (exact) mass is 843 g/mol. The standard InChI is InChI=1S/C42H55F2N5O7S2/c1-24(2)21-49(58(52,53)30-7-8-33-37(19-30)57-40(46-33)45-28-10-13-48(14-11-28)29-5-3-4-6-29)22-35(50)34(17-25-15-26(43)18-27(44)16-25)47-41(51)56-38-31-9-12-42(31)23-54-39-32(42)20-36(38)55-39/h7-8,15-16,18-19,24,28-29,31-32,34-36,38-39,50H,3-6,9-14,17,20-23H2,1-2H3,(H,45,46)(H,47,51). The first-order chi connectivity index (χ1) is 27.8. The maximum absolute atomic E-state index is 14.4. The van der Waals surface area contributed by atoms with Crippen molar-refractivity contribution in [2.45, 2.75) is 126 Å². The van der Waals surface area contributed by atoms with Gasteiger partial charge in [-0.3, -0.25) is 0 Å². The maximum Gasteiger partial charge on any atom is 0.407 e. The molecule has 2 bridgehead atoms. The van der Waals surface area contributed by atoms with Gasteiger partial charge < -0.3 is 34.9 Å². The molecule has 12 nitrogen and oxygen atoms in total. The van der Waals surface area contributed by atoms with Crippen LogP contribution in [0.1, 0.15) is 77.2 Å². The van der Waals surface area contributed by atoms with E-state index in [2.05, 4.69) is 15.5 Å². The summed E-state index contributed by atoms with van der Waals surface area (Å²) in [5.41, 5.74) is 0.811. The molecule has 9 rings (SSSR count). The normalized spacial score (nSPS) is 29.8. The Bertz CT molecular complexity index is 2070. The molecule has 1 spiro atoms. The van der Waals surface area contributed by atoms with Gasteiger partial charge in [0.25, 0.3) is 0 Å². The van der Waals surface area contributed by atoms with Crippen molar-refractivity contribution in [2.75, 3.05) is 38.1 Å². The van der Waals surface area contributed by atoms with Crippen LogP contribution in [0.5, 0.6) is 0 Å². The average Bonchev–Trinajstić information content (AvgIpc) is 3.97. The number of benzene rings is 2. The number of fused-ring (bicyclic) bond motifs is 2. The van der Waals surface area contributed by atoms with Crippen LogP contribution in [0.15, 0.2) is 41.3 Å². The van der Waals surface area contributed by atoms with Crippen molar-refractivity contribution in [3.63, 3.8) is 0 Å². The fourth-order valence-electron chi connectivity index (χ4n) is 10.8. The highest BCUT2D eigenvalue weighted by molar-refractivity contribution is 7.89. The van der Waals surface area contributed by atoms with E-state index >= 15 is 0 Å². The Morgan fingerprint density at radius 1 is 1.07 bits per heavy atom. The van der Waals surface area contributed by atoms with E-state index in [-0.39, 0.29) is 59.0 Å². The van der Waals surface area contributed by atoms with Crippen molar-refractivity contribution in [2.24, 2.45) is 23.2 Å². The van der Waals surface area contributed by atoms with Gasteiger partial charge in [-0.25, -0.2) is 27.0 Å². The van der Waals surface area contributed by atoms with E-state index in [1.54, 1.807) is 12.1 Å². The number of piperidine rings is 1. The third kappa shape index (κ3) is 7.87. The van der Waals surface area contributed by atoms with Crippen LogP contribution in [0.25, 0.3) is 10.2 Å². The largest absolute Gasteiger partial charge is 0.443 e. The molecular weight excluding hydrogens is 789 g/mol. The number of hydrogen-bond donors (Lipinski definition) is 3. The van der Waals surface area contributed by atoms with E-state index in [0.717, 1.165) is 79.3 Å². The molecule has 3 aliphatic heterocycles. The number of alkyl carbamates (subject to hydrolysis) is 1. The summed E-state index contributed by atoms with van der Waals surface area (Å²) in [4.78, 5) is 21.1. The van der Waals surface area contributed by atoms with Crippen molar-refractivity contribution < 1.29 is 41.3 Å². The lowest BCUT2D eigenvalue weighted by atomic mass is 9.49. The van der Waals surface area contributed by atoms with Crippen LogP contribution < -0.4 is 10.6 Å². The molecule has 3 N–H and O–H groups in total. The van der Waals surface area contributed by atoms with E-state index in [4.69, 9.17) is 19.2 Å². The minimum atomic E-state index is -4.17. The summed E-state index contributed by atoms with van der Waals surface area (Å²) in [6, 6.07) is 7.75. The van der Waals surface area contributed by atoms with Crippen LogP contribution in [0.3, 0.4) is 0 Å². The summed E-state index contributed by atoms with van der Waals surface area (Å²) >= 11 is 1.42. The lowest BCUT2D eigenvalue weighted by molar-refractivity contribution is -0.189. The number of aromatic nitrogens is 1. The van der Waals surface area contributed by atoms with Gasteiger partial charge in [-0.2, -0.15) is 4.31 Å². The van der Waals surface area contributed by atoms with Crippen molar-refractivity contribution in [3.05, 3.63) is 53.6 Å². The topological polar surface area (TPSA) is 143 Å². The minimum absolute atomic E-state index is 0.0592. The maximum atomic E-state index is 14.4. The Morgan fingerprint density at radius 3 is 2.53 bits per heavy atom. The Labute approximate surface area is 343 Å². The van der Waals surface area contributed by atoms with Gasteiger partial charge in [-0.05, 0) is 93.2 Å². The number of amides is 1. The molecule has 6 aliphatic rings. The third-order valence-corrected chi connectivity index (χ3v) is 16.6. The molecule has 4 heterocycles. The summed E-state index contributed by atoms with van der Waals surface area (Å²) < 4.78 is 77.6. The summed E-state index contributed by atoms with van der Waals surface area (Å²) in [5.74, 6) is -1.35. The molecule has 16 heteroatoms. The van der Waals surface area contributed by atoms with Gasteiger partial charge in [-0.15, -0.1) is 0 Å². The smallest absolute Gasteiger partial charge is 0.407 e. The second kappa shape index (κ2) is 16.1. The third-order valence-electron chi connectivity index (χ3n) is 13.8. The van der Waals surface area contributed by atoms with Gasteiger partial charge >= 0.3 is 6.09 Å². The fraction of sp³-hybridized carbons (Fsp3) is 0.667. The average molecular weight is 844 g/mol. The molecule has 3 saturated heterocycles. The second-order valence-corrected chi connectivity index (χ2v) is 21.0. The Morgan fingerprint density at radius 2 is 1.83 bits per heavy atom. The van der Waals surface area contributed by atoms with Crippen LogP contribution in [-0.4, -0.2) is 109 Å². The van der Waals surface area contributed by atoms with Crippen LogP contribution in [-0.2, 0) is 30.7 Å². The van der Waals surface area contributed by atoms with Gasteiger partial charge in [-0.1, -0.05) is 38.0 Å². The lowest BCUT2D eigenvalue weighted by Gasteiger charge is -2.55. The minimum Gasteiger partial charge on any atom is -0.443 e. The quantitative estimate of drug-likeness (QED) is 0.170. The number of rotatable bonds is 14. The number of carbonyl (C=O) groups is 1. The number of hydrogen-bond acceptors (Lipinski definition) is 11. The van der Waals surface area contributed by atoms with E-state index in [9.17, 15) is 27.1 Å². The Kier molecular flexibility index (Phi) is 11.2. The second-order valence-electron chi connectivity index (χ2n) is 18.0. The van der Waals surface area contributed by atoms with Crippen LogP contribution in [0, 0.1) is 34.8 Å². The summed E-state index contributed by atoms with van der Waals surface area (Å²) in [7, 11) is -4.17. The van der Waals surface area contributed by atoms with Crippen molar-refractivity contribution >= 4 is 42.8 Å². The van der Waals surface area contributed by atoms with E-state index < -0.39 is 52.5 Å². The molecule has 8 atom stereocenters. The summed E-state index contributed by atoms with van der Waals surface area (Å²) in [6.07, 6.45) is 6.34. The molecule has 316 valence electrons. The number of likely N-dealkylation sites (tertiary alicyclic amines) is 1. The Hall–Kier alpha value is -2.99. The first-order valence-electron chi connectivity index (χ1n) is 21.1. The number of halogens is 2. The van der Waals surface area contributed by atoms with Gasteiger partial charge in [0.05, 0.1) is 40.0 Å². The van der Waals surface area contributed by atoms with Gasteiger partial charge in [0.1, 0.15) is 17.7 Å². The molecule has 3 saturated carbocycles. The first-order valence-corrected chi connectivity index (χ1v) is 23.4. The number of nitrogens with zero attached hydrogens (tertiary/aromatic N) is 3. The molecule has 2 aromatic carbocycles. The molecule has 1 aromatic heterocycles. The highest BCUT2D eigenvalue weighted by Crippen LogP contribution is 2.66. The molecule has 1 amide bonds. The van der Waals surface area contributed by atoms with Gasteiger partial charge in [0, 0.05) is 61.6 Å². The van der Waals surface area contributed by atoms with E-state index in [1.807, 2.05) is 13.8 Å². The number of aliphatic hydroxyl groups is 1. The number of anilines is 1. The van der Waals surface area contributed by atoms with Crippen molar-refractivity contribution in [3.8, 4) is 0 Å². The molecule has 0 radical (unpaired) electrons. The molecule has 3 aliphatic carbocycles. The fourth-order valence-corrected chi connectivity index (χ4v) is 13.6. The van der Waals surface area contributed by atoms with Crippen LogP contribution in [0.2, 0.25) is 0 Å². The zero-order valence-corrected chi connectivity index (χ0v) is 34.8. The SMILES string of the molecule is CC(C)CN(CC(O)C(Cc1cc(F)cc(F)c1)NC(=O)OC1C2CC3C(OCC34CCC14)O2)S(=O)(=O)c1ccc2nc(NC3CCN(C4CCCC4)CC3)sc2c1. The molecule has 3 aromatic rings. The lowest BCUT2D eigenvalue weighted by Crippen LogP contribution is -2.59. The predicted octanol–water partition coefficient (Wildman–Crippen LogP) is 6.28. The zero-order chi connectivity index (χ0) is 40.3. The van der Waals surface area contributed by atoms with Crippen molar-refractivity contribution in [1.29, 1.82) is 0 Å². The van der Waals surface area contributed by atoms with Crippen molar-refractivity contribution in [1.82, 2.24) is 19.5 Å². The number of ether oxygens (including phenoxy) is 3. The van der Waals surface area contributed by atoms with Crippen LogP contribution >= 0.6 is 11.3 Å². The molecule has 8 unspecified atom stereocenters. The highest BCUT2D eigenvalue weighted by Gasteiger charge is 2.70. The van der Waals surface area contributed by atoms with E-state index in [1.165, 1.54) is 47.4 Å². The molecule has 58 heavy (non-hydrogen) atoms. The van der Waals surface area contributed by atoms with Gasteiger partial charge in [0.2, 0.25) is 10.0 Å². The summed E-state index contributed by atoms with van der Waals surface area (Å²) in [6.45, 7) is 6.15. The van der Waals surface area contributed by atoms with Gasteiger partial charge in [0.15, 0.2) is 11.4 Å². The summed E-state index contributed by atoms with van der Waals surface area (Å²) in [5, 5.41) is 19.0. The number of thiazole rings is 1. The Balaban J connectivity index is 0.904. The number of nitrogens with one attached hydrogen (secondary N) is 2. The predicted molar refractivity (Wildman–Crippen MR) is 215 cm³/mol. The first kappa shape index (κ1) is 40.4. The zero-order valence-electron chi connectivity index (χ0n) is 33.2. The molecule has 6 fully saturated rings. The highest BCUT2D eigenvalue weighted by atomic mass is 32.2. The number of aliphatic hydroxyl groups excluding tert-OH is 1. The van der Waals surface area contributed by atoms with Crippen LogP contribution in [0.4, 0.5) is 18.7 Å². The number of sulfonamides is 1. The van der Waals surface area contributed by atoms with E-state index in [0.29, 0.717) is 18.2 Å².